The number of hydrogen-bond acceptors (Lipinski definition) is 5. The molecule has 0 fully saturated rings. The number of carbonyl (C=O) groups is 2. The summed E-state index contributed by atoms with van der Waals surface area (Å²) in [5.74, 6) is -0.310. The SMILES string of the molecule is CNC(=O)c1c(NCCCC(C)C)sc(C(N)=O)c1N. The second-order valence-electron chi connectivity index (χ2n) is 4.96. The van der Waals surface area contributed by atoms with E-state index in [0.29, 0.717) is 16.5 Å². The minimum Gasteiger partial charge on any atom is -0.397 e. The molecule has 0 atom stereocenters. The molecular weight excluding hydrogens is 276 g/mol. The van der Waals surface area contributed by atoms with Crippen LogP contribution in [0.25, 0.3) is 0 Å². The van der Waals surface area contributed by atoms with Crippen LogP contribution in [0.3, 0.4) is 0 Å². The Morgan fingerprint density at radius 3 is 2.50 bits per heavy atom. The number of amides is 2. The van der Waals surface area contributed by atoms with E-state index < -0.39 is 5.91 Å². The number of nitrogen functional groups attached to an aromatic ring is 1. The van der Waals surface area contributed by atoms with Crippen LogP contribution >= 0.6 is 11.3 Å². The van der Waals surface area contributed by atoms with E-state index >= 15 is 0 Å². The van der Waals surface area contributed by atoms with Crippen LogP contribution in [-0.2, 0) is 0 Å². The molecule has 0 bridgehead atoms. The zero-order valence-corrected chi connectivity index (χ0v) is 12.9. The molecule has 1 heterocycles. The molecule has 0 aliphatic rings. The molecule has 0 unspecified atom stereocenters. The topological polar surface area (TPSA) is 110 Å². The lowest BCUT2D eigenvalue weighted by molar-refractivity contribution is 0.0965. The fraction of sp³-hybridized carbons (Fsp3) is 0.538. The van der Waals surface area contributed by atoms with Crippen molar-refractivity contribution >= 4 is 33.8 Å². The van der Waals surface area contributed by atoms with E-state index in [1.165, 1.54) is 7.05 Å². The third kappa shape index (κ3) is 3.86. The number of thiophene rings is 1. The van der Waals surface area contributed by atoms with Crippen molar-refractivity contribution in [1.29, 1.82) is 0 Å². The number of hydrogen-bond donors (Lipinski definition) is 4. The van der Waals surface area contributed by atoms with Crippen molar-refractivity contribution in [3.63, 3.8) is 0 Å². The lowest BCUT2D eigenvalue weighted by Gasteiger charge is -2.08. The summed E-state index contributed by atoms with van der Waals surface area (Å²) in [6.07, 6.45) is 2.07. The lowest BCUT2D eigenvalue weighted by Crippen LogP contribution is -2.21. The molecule has 6 nitrogen and oxygen atoms in total. The van der Waals surface area contributed by atoms with Crippen LogP contribution in [0.15, 0.2) is 0 Å². The van der Waals surface area contributed by atoms with Gasteiger partial charge < -0.3 is 22.1 Å². The number of carbonyl (C=O) groups excluding carboxylic acids is 2. The van der Waals surface area contributed by atoms with E-state index in [1.54, 1.807) is 0 Å². The fourth-order valence-electron chi connectivity index (χ4n) is 1.81. The van der Waals surface area contributed by atoms with Crippen LogP contribution in [0.1, 0.15) is 46.7 Å². The van der Waals surface area contributed by atoms with Gasteiger partial charge in [-0.2, -0.15) is 0 Å². The summed E-state index contributed by atoms with van der Waals surface area (Å²) in [5.41, 5.74) is 11.6. The molecule has 20 heavy (non-hydrogen) atoms. The molecule has 1 aromatic rings. The highest BCUT2D eigenvalue weighted by atomic mass is 32.1. The molecular formula is C13H22N4O2S. The number of nitrogens with one attached hydrogen (secondary N) is 2. The van der Waals surface area contributed by atoms with Gasteiger partial charge in [0, 0.05) is 13.6 Å². The maximum absolute atomic E-state index is 11.9. The maximum atomic E-state index is 11.9. The lowest BCUT2D eigenvalue weighted by atomic mass is 10.1. The van der Waals surface area contributed by atoms with Gasteiger partial charge in [-0.05, 0) is 18.8 Å². The summed E-state index contributed by atoms with van der Waals surface area (Å²) < 4.78 is 0. The molecule has 2 amide bonds. The first kappa shape index (κ1) is 16.3. The number of primary amides is 1. The van der Waals surface area contributed by atoms with E-state index in [2.05, 4.69) is 24.5 Å². The van der Waals surface area contributed by atoms with Gasteiger partial charge in [-0.25, -0.2) is 0 Å². The van der Waals surface area contributed by atoms with Crippen LogP contribution in [0, 0.1) is 5.92 Å². The minimum absolute atomic E-state index is 0.146. The van der Waals surface area contributed by atoms with Gasteiger partial charge in [0.25, 0.3) is 11.8 Å². The van der Waals surface area contributed by atoms with Crippen molar-refractivity contribution < 1.29 is 9.59 Å². The summed E-state index contributed by atoms with van der Waals surface area (Å²) in [7, 11) is 1.52. The van der Waals surface area contributed by atoms with Gasteiger partial charge >= 0.3 is 0 Å². The number of anilines is 2. The van der Waals surface area contributed by atoms with Crippen molar-refractivity contribution in [1.82, 2.24) is 5.32 Å². The first-order chi connectivity index (χ1) is 9.38. The molecule has 0 spiro atoms. The predicted octanol–water partition coefficient (Wildman–Crippen LogP) is 1.64. The Balaban J connectivity index is 2.90. The monoisotopic (exact) mass is 298 g/mol. The number of rotatable bonds is 7. The van der Waals surface area contributed by atoms with E-state index in [0.717, 1.165) is 30.7 Å². The number of nitrogens with two attached hydrogens (primary N) is 2. The Kier molecular flexibility index (Phi) is 5.82. The third-order valence-electron chi connectivity index (χ3n) is 2.87. The molecule has 0 aliphatic heterocycles. The Bertz CT molecular complexity index is 497. The van der Waals surface area contributed by atoms with E-state index in [-0.39, 0.29) is 16.5 Å². The summed E-state index contributed by atoms with van der Waals surface area (Å²) in [6.45, 7) is 5.04. The summed E-state index contributed by atoms with van der Waals surface area (Å²) >= 11 is 1.13. The van der Waals surface area contributed by atoms with Gasteiger partial charge in [0.2, 0.25) is 0 Å². The summed E-state index contributed by atoms with van der Waals surface area (Å²) in [6, 6.07) is 0. The molecule has 1 aromatic heterocycles. The van der Waals surface area contributed by atoms with Crippen LogP contribution in [0.5, 0.6) is 0 Å². The van der Waals surface area contributed by atoms with Crippen LogP contribution in [0.2, 0.25) is 0 Å². The molecule has 112 valence electrons. The zero-order valence-electron chi connectivity index (χ0n) is 12.1. The first-order valence-corrected chi connectivity index (χ1v) is 7.38. The van der Waals surface area contributed by atoms with Gasteiger partial charge in [0.1, 0.15) is 9.88 Å². The van der Waals surface area contributed by atoms with Crippen molar-refractivity contribution in [2.75, 3.05) is 24.6 Å². The smallest absolute Gasteiger partial charge is 0.260 e. The van der Waals surface area contributed by atoms with E-state index in [4.69, 9.17) is 11.5 Å². The van der Waals surface area contributed by atoms with Crippen LogP contribution in [-0.4, -0.2) is 25.4 Å². The Morgan fingerprint density at radius 2 is 2.00 bits per heavy atom. The second kappa shape index (κ2) is 7.14. The molecule has 0 saturated carbocycles. The standard InChI is InChI=1S/C13H22N4O2S/c1-7(2)5-4-6-17-13-8(12(19)16-3)9(14)10(20-13)11(15)18/h7,17H,4-6,14H2,1-3H3,(H2,15,18)(H,16,19). The summed E-state index contributed by atoms with van der Waals surface area (Å²) in [5, 5.41) is 6.29. The quantitative estimate of drug-likeness (QED) is 0.573. The van der Waals surface area contributed by atoms with Crippen molar-refractivity contribution in [2.45, 2.75) is 26.7 Å². The third-order valence-corrected chi connectivity index (χ3v) is 4.04. The van der Waals surface area contributed by atoms with Gasteiger partial charge in [0.15, 0.2) is 0 Å². The average Bonchev–Trinajstić information content (AvgIpc) is 2.71. The van der Waals surface area contributed by atoms with Crippen molar-refractivity contribution in [3.8, 4) is 0 Å². The Labute approximate surface area is 122 Å². The minimum atomic E-state index is -0.618. The van der Waals surface area contributed by atoms with Crippen molar-refractivity contribution in [3.05, 3.63) is 10.4 Å². The van der Waals surface area contributed by atoms with Crippen LogP contribution < -0.4 is 22.1 Å². The molecule has 6 N–H and O–H groups in total. The maximum Gasteiger partial charge on any atom is 0.260 e. The Morgan fingerprint density at radius 1 is 1.35 bits per heavy atom. The molecule has 0 aliphatic carbocycles. The van der Waals surface area contributed by atoms with E-state index in [9.17, 15) is 9.59 Å². The normalized spacial score (nSPS) is 10.6. The van der Waals surface area contributed by atoms with Gasteiger partial charge in [-0.15, -0.1) is 11.3 Å². The first-order valence-electron chi connectivity index (χ1n) is 6.56. The second-order valence-corrected chi connectivity index (χ2v) is 5.98. The molecule has 0 saturated heterocycles. The summed E-state index contributed by atoms with van der Waals surface area (Å²) in [4.78, 5) is 23.4. The molecule has 1 rings (SSSR count). The highest BCUT2D eigenvalue weighted by Gasteiger charge is 2.23. The van der Waals surface area contributed by atoms with Gasteiger partial charge in [-0.1, -0.05) is 13.8 Å². The van der Waals surface area contributed by atoms with Crippen molar-refractivity contribution in [2.24, 2.45) is 11.7 Å². The predicted molar refractivity (Wildman–Crippen MR) is 83.2 cm³/mol. The van der Waals surface area contributed by atoms with Gasteiger partial charge in [-0.3, -0.25) is 9.59 Å². The van der Waals surface area contributed by atoms with E-state index in [1.807, 2.05) is 0 Å². The molecule has 7 heteroatoms. The molecule has 0 radical (unpaired) electrons. The average molecular weight is 298 g/mol. The largest absolute Gasteiger partial charge is 0.397 e. The van der Waals surface area contributed by atoms with Gasteiger partial charge in [0.05, 0.1) is 11.3 Å². The van der Waals surface area contributed by atoms with Crippen LogP contribution in [0.4, 0.5) is 10.7 Å². The Hall–Kier alpha value is -1.76. The highest BCUT2D eigenvalue weighted by molar-refractivity contribution is 7.19. The fourth-order valence-corrected chi connectivity index (χ4v) is 2.81. The zero-order chi connectivity index (χ0) is 15.3. The molecule has 0 aromatic carbocycles. The highest BCUT2D eigenvalue weighted by Crippen LogP contribution is 2.35.